The molecule has 0 radical (unpaired) electrons. The average molecular weight is 246 g/mol. The molecule has 86 valence electrons. The summed E-state index contributed by atoms with van der Waals surface area (Å²) in [5, 5.41) is 0.420. The first kappa shape index (κ1) is 11.2. The molecule has 17 heavy (non-hydrogen) atoms. The zero-order chi connectivity index (χ0) is 12.3. The minimum absolute atomic E-state index is 0.420. The highest BCUT2D eigenvalue weighted by atomic mass is 32.1. The highest BCUT2D eigenvalue weighted by Crippen LogP contribution is 2.22. The summed E-state index contributed by atoms with van der Waals surface area (Å²) in [5.74, 6) is 1.00. The quantitative estimate of drug-likeness (QED) is 0.816. The smallest absolute Gasteiger partial charge is 0.301 e. The summed E-state index contributed by atoms with van der Waals surface area (Å²) in [7, 11) is 1.80. The molecule has 2 rings (SSSR count). The lowest BCUT2D eigenvalue weighted by atomic mass is 10.3. The largest absolute Gasteiger partial charge is 0.420 e. The molecule has 0 fully saturated rings. The molecule has 2 N–H and O–H groups in total. The maximum atomic E-state index is 5.60. The third-order valence-corrected chi connectivity index (χ3v) is 2.50. The number of nitrogens with zero attached hydrogens (tertiary/aromatic N) is 3. The first-order chi connectivity index (χ1) is 8.19. The number of nitrogens with two attached hydrogens (primary N) is 1. The number of rotatable bonds is 4. The van der Waals surface area contributed by atoms with Crippen LogP contribution in [-0.2, 0) is 0 Å². The standard InChI is InChI=1S/C11H10N4OS/c1-3-15(2)10-13-11(17-14-10)16-9-6-4-5-8(12)7-9/h3,5,7H,1,12H2,2H3. The van der Waals surface area contributed by atoms with Crippen LogP contribution in [0.4, 0.5) is 5.95 Å². The second kappa shape index (κ2) is 4.72. The van der Waals surface area contributed by atoms with Crippen LogP contribution in [0.25, 0.3) is 0 Å². The summed E-state index contributed by atoms with van der Waals surface area (Å²) in [6, 6.07) is 0. The Bertz CT molecular complexity index is 574. The van der Waals surface area contributed by atoms with E-state index in [2.05, 4.69) is 27.4 Å². The Morgan fingerprint density at radius 2 is 2.47 bits per heavy atom. The van der Waals surface area contributed by atoms with E-state index >= 15 is 0 Å². The van der Waals surface area contributed by atoms with Crippen molar-refractivity contribution in [1.82, 2.24) is 9.36 Å². The molecule has 6 heteroatoms. The van der Waals surface area contributed by atoms with Gasteiger partial charge in [-0.05, 0) is 11.9 Å². The number of hydrogen-bond donors (Lipinski definition) is 1. The fourth-order valence-electron chi connectivity index (χ4n) is 1.04. The van der Waals surface area contributed by atoms with E-state index in [4.69, 9.17) is 10.5 Å². The van der Waals surface area contributed by atoms with Crippen LogP contribution in [0.5, 0.6) is 5.19 Å². The van der Waals surface area contributed by atoms with Crippen LogP contribution in [0.2, 0.25) is 0 Å². The van der Waals surface area contributed by atoms with Gasteiger partial charge in [0.05, 0.1) is 0 Å². The summed E-state index contributed by atoms with van der Waals surface area (Å²) in [4.78, 5) is 5.86. The van der Waals surface area contributed by atoms with Gasteiger partial charge in [-0.15, -0.1) is 4.37 Å². The molecule has 0 aliphatic heterocycles. The molecule has 0 aromatic carbocycles. The van der Waals surface area contributed by atoms with E-state index in [1.54, 1.807) is 30.3 Å². The highest BCUT2D eigenvalue weighted by Gasteiger charge is 2.09. The van der Waals surface area contributed by atoms with Gasteiger partial charge in [0.15, 0.2) is 5.76 Å². The van der Waals surface area contributed by atoms with E-state index in [0.717, 1.165) is 11.5 Å². The van der Waals surface area contributed by atoms with Crippen LogP contribution < -0.4 is 15.4 Å². The number of anilines is 1. The van der Waals surface area contributed by atoms with Crippen molar-refractivity contribution in [3.05, 3.63) is 47.8 Å². The van der Waals surface area contributed by atoms with Crippen molar-refractivity contribution >= 4 is 17.5 Å². The second-order valence-corrected chi connectivity index (χ2v) is 3.89. The Morgan fingerprint density at radius 1 is 1.65 bits per heavy atom. The van der Waals surface area contributed by atoms with Crippen molar-refractivity contribution in [1.29, 1.82) is 0 Å². The molecule has 1 heterocycles. The molecule has 0 atom stereocenters. The molecule has 0 bridgehead atoms. The molecule has 0 spiro atoms. The predicted molar refractivity (Wildman–Crippen MR) is 66.5 cm³/mol. The zero-order valence-corrected chi connectivity index (χ0v) is 9.99. The summed E-state index contributed by atoms with van der Waals surface area (Å²) < 4.78 is 9.56. The fourth-order valence-corrected chi connectivity index (χ4v) is 1.62. The van der Waals surface area contributed by atoms with Crippen molar-refractivity contribution in [2.24, 2.45) is 5.73 Å². The first-order valence-corrected chi connectivity index (χ1v) is 5.52. The number of hydrogen-bond acceptors (Lipinski definition) is 6. The van der Waals surface area contributed by atoms with Gasteiger partial charge in [-0.3, -0.25) is 0 Å². The van der Waals surface area contributed by atoms with Crippen molar-refractivity contribution in [3.63, 3.8) is 0 Å². The highest BCUT2D eigenvalue weighted by molar-refractivity contribution is 7.07. The molecule has 0 amide bonds. The van der Waals surface area contributed by atoms with Crippen molar-refractivity contribution in [2.75, 3.05) is 11.9 Å². The molecule has 1 aromatic rings. The maximum Gasteiger partial charge on any atom is 0.301 e. The monoisotopic (exact) mass is 246 g/mol. The summed E-state index contributed by atoms with van der Waals surface area (Å²) in [5.41, 5.74) is 11.7. The van der Waals surface area contributed by atoms with Crippen LogP contribution in [0, 0.1) is 0 Å². The Morgan fingerprint density at radius 3 is 3.18 bits per heavy atom. The van der Waals surface area contributed by atoms with Crippen molar-refractivity contribution < 1.29 is 4.74 Å². The van der Waals surface area contributed by atoms with Crippen molar-refractivity contribution in [2.45, 2.75) is 0 Å². The van der Waals surface area contributed by atoms with Crippen molar-refractivity contribution in [3.8, 4) is 5.19 Å². The predicted octanol–water partition coefficient (Wildman–Crippen LogP) is 1.55. The lowest BCUT2D eigenvalue weighted by Crippen LogP contribution is -2.08. The van der Waals surface area contributed by atoms with Gasteiger partial charge in [-0.25, -0.2) is 0 Å². The van der Waals surface area contributed by atoms with Gasteiger partial charge < -0.3 is 15.4 Å². The van der Waals surface area contributed by atoms with Crippen LogP contribution in [0.15, 0.2) is 47.8 Å². The van der Waals surface area contributed by atoms with Crippen LogP contribution >= 0.6 is 11.5 Å². The van der Waals surface area contributed by atoms with E-state index in [0.29, 0.717) is 22.6 Å². The number of allylic oxidation sites excluding steroid dienone is 2. The maximum absolute atomic E-state index is 5.60. The number of ether oxygens (including phenoxy) is 1. The molecule has 0 saturated heterocycles. The van der Waals surface area contributed by atoms with Gasteiger partial charge >= 0.3 is 5.19 Å². The Kier molecular flexibility index (Phi) is 3.12. The third kappa shape index (κ3) is 2.65. The lowest BCUT2D eigenvalue weighted by molar-refractivity contribution is 0.442. The molecular weight excluding hydrogens is 236 g/mol. The van der Waals surface area contributed by atoms with Crippen LogP contribution in [0.3, 0.4) is 0 Å². The molecule has 0 unspecified atom stereocenters. The first-order valence-electron chi connectivity index (χ1n) is 4.75. The van der Waals surface area contributed by atoms with Crippen LogP contribution in [-0.4, -0.2) is 16.4 Å². The Labute approximate surface area is 103 Å². The van der Waals surface area contributed by atoms with Gasteiger partial charge in [0.2, 0.25) is 5.95 Å². The van der Waals surface area contributed by atoms with Gasteiger partial charge in [-0.2, -0.15) is 4.98 Å². The Balaban J connectivity index is 2.15. The molecule has 1 aromatic heterocycles. The van der Waals surface area contributed by atoms with E-state index in [-0.39, 0.29) is 0 Å². The van der Waals surface area contributed by atoms with E-state index < -0.39 is 0 Å². The zero-order valence-electron chi connectivity index (χ0n) is 9.17. The van der Waals surface area contributed by atoms with Gasteiger partial charge in [0.1, 0.15) is 0 Å². The molecule has 1 aliphatic carbocycles. The second-order valence-electron chi connectivity index (χ2n) is 3.18. The fraction of sp³-hybridized carbons (Fsp3) is 0.0909. The summed E-state index contributed by atoms with van der Waals surface area (Å²) >= 11 is 1.15. The third-order valence-electron chi connectivity index (χ3n) is 1.92. The summed E-state index contributed by atoms with van der Waals surface area (Å²) in [6.45, 7) is 3.62. The molecular formula is C11H10N4OS. The molecule has 5 nitrogen and oxygen atoms in total. The minimum Gasteiger partial charge on any atom is -0.420 e. The van der Waals surface area contributed by atoms with E-state index in [9.17, 15) is 0 Å². The van der Waals surface area contributed by atoms with Gasteiger partial charge in [0.25, 0.3) is 0 Å². The van der Waals surface area contributed by atoms with Gasteiger partial charge in [0, 0.05) is 36.4 Å². The molecule has 0 saturated carbocycles. The summed E-state index contributed by atoms with van der Waals surface area (Å²) in [6.07, 6.45) is 4.88. The van der Waals surface area contributed by atoms with Gasteiger partial charge in [-0.1, -0.05) is 12.3 Å². The lowest BCUT2D eigenvalue weighted by Gasteiger charge is -2.05. The number of aromatic nitrogens is 2. The molecule has 1 aliphatic rings. The SMILES string of the molecule is C=CN(C)c1nsc(OC2=C=C=CC(N)=C2)n1. The average Bonchev–Trinajstić information content (AvgIpc) is 2.76. The minimum atomic E-state index is 0.420. The van der Waals surface area contributed by atoms with E-state index in [1.807, 2.05) is 0 Å². The normalized spacial score (nSPS) is 13.0. The Hall–Kier alpha value is -2.26. The van der Waals surface area contributed by atoms with Crippen LogP contribution in [0.1, 0.15) is 0 Å². The topological polar surface area (TPSA) is 64.3 Å². The van der Waals surface area contributed by atoms with E-state index in [1.165, 1.54) is 0 Å².